The molecule has 3 heteroatoms. The summed E-state index contributed by atoms with van der Waals surface area (Å²) >= 11 is 0. The first-order chi connectivity index (χ1) is 7.81. The van der Waals surface area contributed by atoms with E-state index in [4.69, 9.17) is 0 Å². The molecule has 2 aromatic rings. The lowest BCUT2D eigenvalue weighted by Crippen LogP contribution is -2.11. The van der Waals surface area contributed by atoms with Gasteiger partial charge < -0.3 is 5.11 Å². The summed E-state index contributed by atoms with van der Waals surface area (Å²) in [7, 11) is 0. The number of benzene rings is 1. The fourth-order valence-electron chi connectivity index (χ4n) is 1.90. The van der Waals surface area contributed by atoms with Gasteiger partial charge in [-0.1, -0.05) is 37.6 Å². The zero-order valence-electron chi connectivity index (χ0n) is 9.43. The monoisotopic (exact) mass is 216 g/mol. The number of aliphatic hydroxyl groups is 1. The maximum Gasteiger partial charge on any atom is 0.0735 e. The van der Waals surface area contributed by atoms with E-state index in [0.29, 0.717) is 6.42 Å². The normalized spacial score (nSPS) is 12.9. The molecule has 2 rings (SSSR count). The van der Waals surface area contributed by atoms with E-state index in [2.05, 4.69) is 17.1 Å². The zero-order chi connectivity index (χ0) is 11.4. The van der Waals surface area contributed by atoms with Crippen LogP contribution >= 0.6 is 0 Å². The standard InChI is InChI=1S/C13H16N2O/c1-2-5-11(16)8-13-12-7-4-3-6-10(12)9-14-15-13/h3-4,6-7,9,11,16H,2,5,8H2,1H3. The minimum atomic E-state index is -0.315. The van der Waals surface area contributed by atoms with Crippen molar-refractivity contribution < 1.29 is 5.11 Å². The fraction of sp³-hybridized carbons (Fsp3) is 0.385. The predicted octanol–water partition coefficient (Wildman–Crippen LogP) is 2.33. The summed E-state index contributed by atoms with van der Waals surface area (Å²) < 4.78 is 0. The van der Waals surface area contributed by atoms with Crippen LogP contribution in [0.4, 0.5) is 0 Å². The van der Waals surface area contributed by atoms with Gasteiger partial charge in [0.25, 0.3) is 0 Å². The van der Waals surface area contributed by atoms with Crippen molar-refractivity contribution in [2.75, 3.05) is 0 Å². The molecule has 0 bridgehead atoms. The lowest BCUT2D eigenvalue weighted by atomic mass is 10.0. The summed E-state index contributed by atoms with van der Waals surface area (Å²) in [6, 6.07) is 8.01. The third-order valence-electron chi connectivity index (χ3n) is 2.70. The topological polar surface area (TPSA) is 46.0 Å². The van der Waals surface area contributed by atoms with Crippen LogP contribution in [0.5, 0.6) is 0 Å². The molecule has 0 fully saturated rings. The van der Waals surface area contributed by atoms with Crippen molar-refractivity contribution in [2.45, 2.75) is 32.3 Å². The first-order valence-corrected chi connectivity index (χ1v) is 5.68. The number of aromatic nitrogens is 2. The fourth-order valence-corrected chi connectivity index (χ4v) is 1.90. The highest BCUT2D eigenvalue weighted by atomic mass is 16.3. The van der Waals surface area contributed by atoms with Crippen LogP contribution in [-0.4, -0.2) is 21.4 Å². The second-order valence-electron chi connectivity index (χ2n) is 4.03. The van der Waals surface area contributed by atoms with Gasteiger partial charge >= 0.3 is 0 Å². The van der Waals surface area contributed by atoms with Crippen molar-refractivity contribution in [2.24, 2.45) is 0 Å². The van der Waals surface area contributed by atoms with Crippen LogP contribution in [0.1, 0.15) is 25.5 Å². The van der Waals surface area contributed by atoms with Crippen molar-refractivity contribution in [3.8, 4) is 0 Å². The number of rotatable bonds is 4. The van der Waals surface area contributed by atoms with Crippen LogP contribution in [0.15, 0.2) is 30.5 Å². The molecule has 1 aromatic heterocycles. The molecule has 0 aliphatic heterocycles. The molecule has 0 saturated heterocycles. The molecule has 84 valence electrons. The highest BCUT2D eigenvalue weighted by Gasteiger charge is 2.09. The van der Waals surface area contributed by atoms with Crippen molar-refractivity contribution in [1.82, 2.24) is 10.2 Å². The number of fused-ring (bicyclic) bond motifs is 1. The maximum atomic E-state index is 9.79. The quantitative estimate of drug-likeness (QED) is 0.853. The summed E-state index contributed by atoms with van der Waals surface area (Å²) in [5.41, 5.74) is 0.888. The Balaban J connectivity index is 2.30. The largest absolute Gasteiger partial charge is 0.393 e. The van der Waals surface area contributed by atoms with E-state index >= 15 is 0 Å². The van der Waals surface area contributed by atoms with Gasteiger partial charge in [0, 0.05) is 17.2 Å². The van der Waals surface area contributed by atoms with Gasteiger partial charge in [0.1, 0.15) is 0 Å². The third kappa shape index (κ3) is 2.36. The van der Waals surface area contributed by atoms with Gasteiger partial charge in [-0.05, 0) is 6.42 Å². The molecule has 0 spiro atoms. The second-order valence-corrected chi connectivity index (χ2v) is 4.03. The molecule has 1 unspecified atom stereocenters. The van der Waals surface area contributed by atoms with E-state index in [1.54, 1.807) is 6.20 Å². The van der Waals surface area contributed by atoms with E-state index in [0.717, 1.165) is 29.3 Å². The van der Waals surface area contributed by atoms with E-state index in [1.807, 2.05) is 24.3 Å². The number of hydrogen-bond donors (Lipinski definition) is 1. The van der Waals surface area contributed by atoms with E-state index < -0.39 is 0 Å². The van der Waals surface area contributed by atoms with E-state index in [9.17, 15) is 5.11 Å². The van der Waals surface area contributed by atoms with Crippen LogP contribution in [0.3, 0.4) is 0 Å². The second kappa shape index (κ2) is 5.03. The Kier molecular flexibility index (Phi) is 3.47. The maximum absolute atomic E-state index is 9.79. The molecule has 1 heterocycles. The van der Waals surface area contributed by atoms with Gasteiger partial charge in [-0.2, -0.15) is 10.2 Å². The molecule has 0 aliphatic carbocycles. The van der Waals surface area contributed by atoms with Crippen LogP contribution in [0.2, 0.25) is 0 Å². The first-order valence-electron chi connectivity index (χ1n) is 5.68. The molecule has 1 N–H and O–H groups in total. The van der Waals surface area contributed by atoms with E-state index in [1.165, 1.54) is 0 Å². The van der Waals surface area contributed by atoms with Crippen molar-refractivity contribution >= 4 is 10.8 Å². The van der Waals surface area contributed by atoms with Crippen LogP contribution in [-0.2, 0) is 6.42 Å². The Hall–Kier alpha value is -1.48. The molecular weight excluding hydrogens is 200 g/mol. The van der Waals surface area contributed by atoms with Crippen molar-refractivity contribution in [3.05, 3.63) is 36.2 Å². The highest BCUT2D eigenvalue weighted by molar-refractivity contribution is 5.83. The third-order valence-corrected chi connectivity index (χ3v) is 2.70. The van der Waals surface area contributed by atoms with Gasteiger partial charge in [-0.3, -0.25) is 0 Å². The van der Waals surface area contributed by atoms with Crippen LogP contribution < -0.4 is 0 Å². The summed E-state index contributed by atoms with van der Waals surface area (Å²) in [5.74, 6) is 0. The van der Waals surface area contributed by atoms with Gasteiger partial charge in [0.05, 0.1) is 18.0 Å². The van der Waals surface area contributed by atoms with Gasteiger partial charge in [-0.15, -0.1) is 0 Å². The summed E-state index contributed by atoms with van der Waals surface area (Å²) in [5, 5.41) is 20.0. The molecule has 16 heavy (non-hydrogen) atoms. The summed E-state index contributed by atoms with van der Waals surface area (Å²) in [6.07, 6.45) is 3.82. The minimum absolute atomic E-state index is 0.315. The van der Waals surface area contributed by atoms with Gasteiger partial charge in [0.2, 0.25) is 0 Å². The minimum Gasteiger partial charge on any atom is -0.393 e. The average molecular weight is 216 g/mol. The molecule has 0 aliphatic rings. The number of nitrogens with zero attached hydrogens (tertiary/aromatic N) is 2. The first kappa shape index (κ1) is 11.0. The van der Waals surface area contributed by atoms with Gasteiger partial charge in [0.15, 0.2) is 0 Å². The predicted molar refractivity (Wildman–Crippen MR) is 64.2 cm³/mol. The van der Waals surface area contributed by atoms with Crippen molar-refractivity contribution in [1.29, 1.82) is 0 Å². The highest BCUT2D eigenvalue weighted by Crippen LogP contribution is 2.17. The van der Waals surface area contributed by atoms with Crippen LogP contribution in [0, 0.1) is 0 Å². The lowest BCUT2D eigenvalue weighted by Gasteiger charge is -2.09. The molecule has 3 nitrogen and oxygen atoms in total. The molecule has 0 radical (unpaired) electrons. The molecule has 1 aromatic carbocycles. The zero-order valence-corrected chi connectivity index (χ0v) is 9.43. The van der Waals surface area contributed by atoms with E-state index in [-0.39, 0.29) is 6.10 Å². The van der Waals surface area contributed by atoms with Gasteiger partial charge in [-0.25, -0.2) is 0 Å². The molecule has 0 amide bonds. The number of hydrogen-bond acceptors (Lipinski definition) is 3. The summed E-state index contributed by atoms with van der Waals surface area (Å²) in [6.45, 7) is 2.07. The Morgan fingerprint density at radius 3 is 2.94 bits per heavy atom. The van der Waals surface area contributed by atoms with Crippen molar-refractivity contribution in [3.63, 3.8) is 0 Å². The SMILES string of the molecule is CCCC(O)Cc1nncc2ccccc12. The van der Waals surface area contributed by atoms with Crippen LogP contribution in [0.25, 0.3) is 10.8 Å². The Labute approximate surface area is 95.1 Å². The Morgan fingerprint density at radius 1 is 1.31 bits per heavy atom. The molecule has 0 saturated carbocycles. The Morgan fingerprint density at radius 2 is 2.12 bits per heavy atom. The number of aliphatic hydroxyl groups excluding tert-OH is 1. The Bertz CT molecular complexity index is 465. The molecule has 1 atom stereocenters. The molecular formula is C13H16N2O. The lowest BCUT2D eigenvalue weighted by molar-refractivity contribution is 0.163. The smallest absolute Gasteiger partial charge is 0.0735 e. The average Bonchev–Trinajstić information content (AvgIpc) is 2.30. The summed E-state index contributed by atoms with van der Waals surface area (Å²) in [4.78, 5) is 0.